The molecule has 6 heteroatoms. The van der Waals surface area contributed by atoms with Crippen LogP contribution in [0, 0.1) is 0 Å². The van der Waals surface area contributed by atoms with Crippen molar-refractivity contribution < 1.29 is 23.9 Å². The molecular formula is C25H21NO5. The molecule has 0 amide bonds. The summed E-state index contributed by atoms with van der Waals surface area (Å²) in [5, 5.41) is 0.832. The highest BCUT2D eigenvalue weighted by Gasteiger charge is 2.40. The number of ether oxygens (including phenoxy) is 2. The molecule has 1 aromatic heterocycles. The third kappa shape index (κ3) is 4.10. The van der Waals surface area contributed by atoms with E-state index in [2.05, 4.69) is 11.6 Å². The SMILES string of the molecule is C=C(C)OC(=O)CCCOc1cccc2ccc(C3C(=O)c4ccccc4C3=O)nc12. The molecule has 0 bridgehead atoms. The Morgan fingerprint density at radius 3 is 2.39 bits per heavy atom. The number of para-hydroxylation sites is 1. The molecule has 0 atom stereocenters. The molecule has 0 unspecified atom stereocenters. The summed E-state index contributed by atoms with van der Waals surface area (Å²) < 4.78 is 10.8. The molecule has 0 saturated carbocycles. The summed E-state index contributed by atoms with van der Waals surface area (Å²) in [5.74, 6) is -0.874. The third-order valence-corrected chi connectivity index (χ3v) is 5.05. The summed E-state index contributed by atoms with van der Waals surface area (Å²) in [6.07, 6.45) is 0.677. The van der Waals surface area contributed by atoms with E-state index in [4.69, 9.17) is 9.47 Å². The fraction of sp³-hybridized carbons (Fsp3) is 0.200. The van der Waals surface area contributed by atoms with Crippen LogP contribution in [0.3, 0.4) is 0 Å². The topological polar surface area (TPSA) is 82.6 Å². The average molecular weight is 415 g/mol. The maximum Gasteiger partial charge on any atom is 0.310 e. The second-order valence-corrected chi connectivity index (χ2v) is 7.40. The van der Waals surface area contributed by atoms with Crippen LogP contribution in [0.4, 0.5) is 0 Å². The van der Waals surface area contributed by atoms with E-state index in [1.165, 1.54) is 0 Å². The Morgan fingerprint density at radius 1 is 1.00 bits per heavy atom. The van der Waals surface area contributed by atoms with Crippen LogP contribution in [-0.4, -0.2) is 29.1 Å². The molecule has 3 aromatic rings. The van der Waals surface area contributed by atoms with Crippen molar-refractivity contribution in [1.82, 2.24) is 4.98 Å². The number of benzene rings is 2. The zero-order valence-corrected chi connectivity index (χ0v) is 17.1. The minimum absolute atomic E-state index is 0.208. The first kappa shape index (κ1) is 20.5. The molecule has 156 valence electrons. The van der Waals surface area contributed by atoms with Crippen LogP contribution in [0.1, 0.15) is 52.1 Å². The van der Waals surface area contributed by atoms with Gasteiger partial charge in [-0.05, 0) is 25.5 Å². The Kier molecular flexibility index (Phi) is 5.62. The highest BCUT2D eigenvalue weighted by Crippen LogP contribution is 2.34. The number of rotatable bonds is 7. The minimum Gasteiger partial charge on any atom is -0.491 e. The molecule has 6 nitrogen and oxygen atoms in total. The predicted octanol–water partition coefficient (Wildman–Crippen LogP) is 4.63. The molecular weight excluding hydrogens is 394 g/mol. The number of Topliss-reactive ketones (excluding diaryl/α,β-unsaturated/α-hetero) is 2. The second kappa shape index (κ2) is 8.52. The summed E-state index contributed by atoms with van der Waals surface area (Å²) in [4.78, 5) is 41.9. The van der Waals surface area contributed by atoms with Crippen molar-refractivity contribution in [3.63, 3.8) is 0 Å². The Morgan fingerprint density at radius 2 is 1.71 bits per heavy atom. The molecule has 1 aliphatic carbocycles. The molecule has 2 aromatic carbocycles. The van der Waals surface area contributed by atoms with Gasteiger partial charge in [-0.3, -0.25) is 14.4 Å². The summed E-state index contributed by atoms with van der Waals surface area (Å²) >= 11 is 0. The second-order valence-electron chi connectivity index (χ2n) is 7.40. The largest absolute Gasteiger partial charge is 0.491 e. The molecule has 31 heavy (non-hydrogen) atoms. The lowest BCUT2D eigenvalue weighted by Gasteiger charge is -2.12. The first-order chi connectivity index (χ1) is 15.0. The first-order valence-electron chi connectivity index (χ1n) is 10.0. The summed E-state index contributed by atoms with van der Waals surface area (Å²) in [6, 6.07) is 15.9. The highest BCUT2D eigenvalue weighted by atomic mass is 16.5. The average Bonchev–Trinajstić information content (AvgIpc) is 3.01. The third-order valence-electron chi connectivity index (χ3n) is 5.05. The number of fused-ring (bicyclic) bond motifs is 2. The quantitative estimate of drug-likeness (QED) is 0.242. The zero-order valence-electron chi connectivity index (χ0n) is 17.1. The van der Waals surface area contributed by atoms with E-state index in [0.29, 0.717) is 46.9 Å². The van der Waals surface area contributed by atoms with Gasteiger partial charge >= 0.3 is 5.97 Å². The Labute approximate surface area is 179 Å². The number of ketones is 2. The lowest BCUT2D eigenvalue weighted by Crippen LogP contribution is -2.14. The Balaban J connectivity index is 1.54. The van der Waals surface area contributed by atoms with Gasteiger partial charge in [0.2, 0.25) is 0 Å². The lowest BCUT2D eigenvalue weighted by atomic mass is 9.98. The van der Waals surface area contributed by atoms with Crippen molar-refractivity contribution in [2.24, 2.45) is 0 Å². The first-order valence-corrected chi connectivity index (χ1v) is 10.0. The van der Waals surface area contributed by atoms with Crippen LogP contribution >= 0.6 is 0 Å². The smallest absolute Gasteiger partial charge is 0.310 e. The van der Waals surface area contributed by atoms with Crippen molar-refractivity contribution in [1.29, 1.82) is 0 Å². The van der Waals surface area contributed by atoms with Crippen LogP contribution < -0.4 is 4.74 Å². The van der Waals surface area contributed by atoms with Gasteiger partial charge in [-0.1, -0.05) is 49.0 Å². The van der Waals surface area contributed by atoms with Gasteiger partial charge in [0.15, 0.2) is 11.6 Å². The van der Waals surface area contributed by atoms with Crippen molar-refractivity contribution in [3.05, 3.63) is 83.8 Å². The minimum atomic E-state index is -0.938. The number of nitrogens with zero attached hydrogens (tertiary/aromatic N) is 1. The van der Waals surface area contributed by atoms with Gasteiger partial charge in [0, 0.05) is 22.9 Å². The highest BCUT2D eigenvalue weighted by molar-refractivity contribution is 6.29. The van der Waals surface area contributed by atoms with Gasteiger partial charge in [-0.15, -0.1) is 0 Å². The van der Waals surface area contributed by atoms with E-state index < -0.39 is 5.92 Å². The maximum atomic E-state index is 12.8. The fourth-order valence-corrected chi connectivity index (χ4v) is 3.67. The van der Waals surface area contributed by atoms with E-state index in [1.807, 2.05) is 18.2 Å². The van der Waals surface area contributed by atoms with E-state index >= 15 is 0 Å². The molecule has 1 aliphatic rings. The number of pyridine rings is 1. The van der Waals surface area contributed by atoms with Gasteiger partial charge in [0.25, 0.3) is 0 Å². The van der Waals surface area contributed by atoms with Crippen molar-refractivity contribution >= 4 is 28.4 Å². The van der Waals surface area contributed by atoms with Crippen LogP contribution in [0.2, 0.25) is 0 Å². The zero-order chi connectivity index (χ0) is 22.0. The molecule has 1 heterocycles. The summed E-state index contributed by atoms with van der Waals surface area (Å²) in [6.45, 7) is 5.45. The molecule has 0 spiro atoms. The number of carbonyl (C=O) groups is 3. The fourth-order valence-electron chi connectivity index (χ4n) is 3.67. The van der Waals surface area contributed by atoms with Crippen molar-refractivity contribution in [2.75, 3.05) is 6.61 Å². The van der Waals surface area contributed by atoms with Gasteiger partial charge in [-0.25, -0.2) is 4.98 Å². The summed E-state index contributed by atoms with van der Waals surface area (Å²) in [5.41, 5.74) is 1.84. The molecule has 4 rings (SSSR count). The van der Waals surface area contributed by atoms with Crippen molar-refractivity contribution in [2.45, 2.75) is 25.7 Å². The number of esters is 1. The van der Waals surface area contributed by atoms with Gasteiger partial charge in [0.05, 0.1) is 18.1 Å². The van der Waals surface area contributed by atoms with Crippen LogP contribution in [0.25, 0.3) is 10.9 Å². The number of hydrogen-bond acceptors (Lipinski definition) is 6. The van der Waals surface area contributed by atoms with Gasteiger partial charge in [-0.2, -0.15) is 0 Å². The summed E-state index contributed by atoms with van der Waals surface area (Å²) in [7, 11) is 0. The van der Waals surface area contributed by atoms with Crippen LogP contribution in [0.5, 0.6) is 5.75 Å². The number of hydrogen-bond donors (Lipinski definition) is 0. The van der Waals surface area contributed by atoms with Crippen LogP contribution in [-0.2, 0) is 9.53 Å². The van der Waals surface area contributed by atoms with Crippen LogP contribution in [0.15, 0.2) is 66.9 Å². The molecule has 0 aliphatic heterocycles. The van der Waals surface area contributed by atoms with E-state index in [9.17, 15) is 14.4 Å². The van der Waals surface area contributed by atoms with E-state index in [1.54, 1.807) is 43.3 Å². The number of allylic oxidation sites excluding steroid dienone is 1. The standard InChI is InChI=1S/C25H21NO5/c1-15(2)31-21(27)11-6-14-30-20-10-5-7-16-12-13-19(26-23(16)20)22-24(28)17-8-3-4-9-18(17)25(22)29/h3-5,7-10,12-13,22H,1,6,11,14H2,2H3. The molecule has 0 fully saturated rings. The number of carbonyl (C=O) groups excluding carboxylic acids is 3. The van der Waals surface area contributed by atoms with Crippen molar-refractivity contribution in [3.8, 4) is 5.75 Å². The number of aromatic nitrogens is 1. The monoisotopic (exact) mass is 415 g/mol. The molecule has 0 N–H and O–H groups in total. The molecule has 0 radical (unpaired) electrons. The maximum absolute atomic E-state index is 12.8. The molecule has 0 saturated heterocycles. The van der Waals surface area contributed by atoms with E-state index in [-0.39, 0.29) is 24.0 Å². The van der Waals surface area contributed by atoms with E-state index in [0.717, 1.165) is 5.39 Å². The lowest BCUT2D eigenvalue weighted by molar-refractivity contribution is -0.139. The van der Waals surface area contributed by atoms with Gasteiger partial charge in [0.1, 0.15) is 17.2 Å². The predicted molar refractivity (Wildman–Crippen MR) is 115 cm³/mol. The Hall–Kier alpha value is -3.80. The normalized spacial score (nSPS) is 13.3. The Bertz CT molecular complexity index is 1180. The van der Waals surface area contributed by atoms with Gasteiger partial charge < -0.3 is 9.47 Å².